The van der Waals surface area contributed by atoms with Crippen molar-refractivity contribution in [2.24, 2.45) is 0 Å². The van der Waals surface area contributed by atoms with Gasteiger partial charge in [0.1, 0.15) is 0 Å². The minimum absolute atomic E-state index is 0.0502. The van der Waals surface area contributed by atoms with E-state index in [0.717, 1.165) is 45.4 Å². The second kappa shape index (κ2) is 10.3. The molecule has 1 aromatic carbocycles. The zero-order valence-corrected chi connectivity index (χ0v) is 18.9. The van der Waals surface area contributed by atoms with Crippen molar-refractivity contribution in [3.05, 3.63) is 46.8 Å². The largest absolute Gasteiger partial charge is 0.376 e. The van der Waals surface area contributed by atoms with Crippen molar-refractivity contribution in [2.45, 2.75) is 43.5 Å². The molecule has 0 bridgehead atoms. The van der Waals surface area contributed by atoms with Crippen LogP contribution in [-0.4, -0.2) is 64.4 Å². The summed E-state index contributed by atoms with van der Waals surface area (Å²) in [6.07, 6.45) is 5.71. The van der Waals surface area contributed by atoms with Gasteiger partial charge in [0.2, 0.25) is 5.91 Å². The lowest BCUT2D eigenvalue weighted by atomic mass is 10.1. The molecule has 1 N–H and O–H groups in total. The van der Waals surface area contributed by atoms with Gasteiger partial charge in [-0.15, -0.1) is 6.58 Å². The molecule has 1 atom stereocenters. The number of rotatable bonds is 8. The van der Waals surface area contributed by atoms with E-state index < -0.39 is 0 Å². The van der Waals surface area contributed by atoms with Gasteiger partial charge in [0, 0.05) is 38.3 Å². The Morgan fingerprint density at radius 1 is 1.28 bits per heavy atom. The average Bonchev–Trinajstić information content (AvgIpc) is 3.52. The first kappa shape index (κ1) is 22.5. The van der Waals surface area contributed by atoms with Gasteiger partial charge in [0.25, 0.3) is 11.5 Å². The maximum atomic E-state index is 13.1. The van der Waals surface area contributed by atoms with E-state index in [0.29, 0.717) is 34.7 Å². The fourth-order valence-corrected chi connectivity index (χ4v) is 4.95. The third kappa shape index (κ3) is 5.05. The molecule has 170 valence electrons. The molecule has 2 fully saturated rings. The van der Waals surface area contributed by atoms with Gasteiger partial charge in [-0.1, -0.05) is 17.8 Å². The Morgan fingerprint density at radius 3 is 2.81 bits per heavy atom. The van der Waals surface area contributed by atoms with Crippen molar-refractivity contribution >= 4 is 34.5 Å². The molecule has 2 saturated heterocycles. The fourth-order valence-electron chi connectivity index (χ4n) is 4.04. The van der Waals surface area contributed by atoms with Crippen LogP contribution in [0.3, 0.4) is 0 Å². The Kier molecular flexibility index (Phi) is 7.26. The topological polar surface area (TPSA) is 93.5 Å². The zero-order valence-electron chi connectivity index (χ0n) is 18.0. The Hall–Kier alpha value is -2.65. The number of hydrogen-bond acceptors (Lipinski definition) is 6. The molecule has 0 spiro atoms. The second-order valence-corrected chi connectivity index (χ2v) is 8.99. The molecule has 8 nitrogen and oxygen atoms in total. The van der Waals surface area contributed by atoms with Crippen molar-refractivity contribution in [3.8, 4) is 0 Å². The summed E-state index contributed by atoms with van der Waals surface area (Å²) in [5.74, 6) is 0.0450. The van der Waals surface area contributed by atoms with E-state index >= 15 is 0 Å². The molecule has 1 aromatic heterocycles. The number of nitrogens with zero attached hydrogens (tertiary/aromatic N) is 3. The van der Waals surface area contributed by atoms with E-state index in [2.05, 4.69) is 16.9 Å². The van der Waals surface area contributed by atoms with Crippen LogP contribution in [0.1, 0.15) is 36.0 Å². The third-order valence-electron chi connectivity index (χ3n) is 5.79. The fraction of sp³-hybridized carbons (Fsp3) is 0.478. The van der Waals surface area contributed by atoms with Gasteiger partial charge in [-0.3, -0.25) is 19.0 Å². The number of fused-ring (bicyclic) bond motifs is 1. The summed E-state index contributed by atoms with van der Waals surface area (Å²) in [7, 11) is 0. The highest BCUT2D eigenvalue weighted by Crippen LogP contribution is 2.21. The van der Waals surface area contributed by atoms with E-state index in [1.807, 2.05) is 4.90 Å². The van der Waals surface area contributed by atoms with E-state index in [4.69, 9.17) is 4.74 Å². The number of allylic oxidation sites excluding steroid dienone is 1. The number of thioether (sulfide) groups is 1. The summed E-state index contributed by atoms with van der Waals surface area (Å²) in [4.78, 5) is 44.6. The van der Waals surface area contributed by atoms with Crippen LogP contribution < -0.4 is 10.9 Å². The summed E-state index contributed by atoms with van der Waals surface area (Å²) in [5, 5.41) is 3.77. The van der Waals surface area contributed by atoms with Crippen LogP contribution in [0, 0.1) is 0 Å². The van der Waals surface area contributed by atoms with Gasteiger partial charge in [0.05, 0.1) is 22.8 Å². The van der Waals surface area contributed by atoms with Crippen LogP contribution in [0.25, 0.3) is 10.9 Å². The second-order valence-electron chi connectivity index (χ2n) is 8.05. The lowest BCUT2D eigenvalue weighted by molar-refractivity contribution is -0.127. The lowest BCUT2D eigenvalue weighted by Crippen LogP contribution is -2.32. The van der Waals surface area contributed by atoms with Gasteiger partial charge in [0.15, 0.2) is 5.16 Å². The number of likely N-dealkylation sites (tertiary alicyclic amines) is 1. The Bertz CT molecular complexity index is 1070. The van der Waals surface area contributed by atoms with E-state index in [1.165, 1.54) is 16.3 Å². The number of nitrogens with one attached hydrogen (secondary N) is 1. The first-order valence-electron chi connectivity index (χ1n) is 11.0. The summed E-state index contributed by atoms with van der Waals surface area (Å²) in [6.45, 7) is 6.80. The number of ether oxygens (including phenoxy) is 1. The van der Waals surface area contributed by atoms with Crippen LogP contribution in [-0.2, 0) is 16.1 Å². The van der Waals surface area contributed by atoms with Crippen molar-refractivity contribution in [1.29, 1.82) is 0 Å². The van der Waals surface area contributed by atoms with E-state index in [9.17, 15) is 14.4 Å². The molecular formula is C23H28N4O4S. The summed E-state index contributed by atoms with van der Waals surface area (Å²) in [6, 6.07) is 4.90. The number of hydrogen-bond donors (Lipinski definition) is 1. The molecule has 0 radical (unpaired) electrons. The van der Waals surface area contributed by atoms with Crippen molar-refractivity contribution < 1.29 is 14.3 Å². The van der Waals surface area contributed by atoms with Gasteiger partial charge in [-0.2, -0.15) is 0 Å². The van der Waals surface area contributed by atoms with Gasteiger partial charge in [-0.05, 0) is 43.9 Å². The summed E-state index contributed by atoms with van der Waals surface area (Å²) in [5.41, 5.74) is 0.668. The van der Waals surface area contributed by atoms with Gasteiger partial charge < -0.3 is 15.0 Å². The minimum Gasteiger partial charge on any atom is -0.376 e. The SMILES string of the molecule is C=CCn1c(SCC(=O)N2CCCC2)nc2cc(C(=O)NC[C@@H]3CCCO3)ccc2c1=O. The number of amides is 2. The monoisotopic (exact) mass is 456 g/mol. The first-order chi connectivity index (χ1) is 15.6. The zero-order chi connectivity index (χ0) is 22.5. The Morgan fingerprint density at radius 2 is 2.09 bits per heavy atom. The Labute approximate surface area is 191 Å². The third-order valence-corrected chi connectivity index (χ3v) is 6.75. The highest BCUT2D eigenvalue weighted by molar-refractivity contribution is 7.99. The molecule has 0 aliphatic carbocycles. The maximum Gasteiger partial charge on any atom is 0.262 e. The smallest absolute Gasteiger partial charge is 0.262 e. The number of carbonyl (C=O) groups is 2. The van der Waals surface area contributed by atoms with Crippen LogP contribution in [0.5, 0.6) is 0 Å². The predicted octanol–water partition coefficient (Wildman–Crippen LogP) is 2.21. The normalized spacial score (nSPS) is 18.2. The van der Waals surface area contributed by atoms with Gasteiger partial charge >= 0.3 is 0 Å². The quantitative estimate of drug-likeness (QED) is 0.372. The van der Waals surface area contributed by atoms with Gasteiger partial charge in [-0.25, -0.2) is 4.98 Å². The average molecular weight is 457 g/mol. The molecule has 0 saturated carbocycles. The molecule has 2 aliphatic rings. The highest BCUT2D eigenvalue weighted by Gasteiger charge is 2.20. The summed E-state index contributed by atoms with van der Waals surface area (Å²) < 4.78 is 7.07. The Balaban J connectivity index is 1.56. The molecule has 4 rings (SSSR count). The van der Waals surface area contributed by atoms with Crippen LogP contribution in [0.15, 0.2) is 40.8 Å². The molecule has 9 heteroatoms. The van der Waals surface area contributed by atoms with E-state index in [-0.39, 0.29) is 29.2 Å². The highest BCUT2D eigenvalue weighted by atomic mass is 32.2. The van der Waals surface area contributed by atoms with Crippen LogP contribution >= 0.6 is 11.8 Å². The molecule has 3 heterocycles. The number of carbonyl (C=O) groups excluding carboxylic acids is 2. The van der Waals surface area contributed by atoms with E-state index in [1.54, 1.807) is 24.3 Å². The molecule has 2 aliphatic heterocycles. The number of aromatic nitrogens is 2. The molecule has 32 heavy (non-hydrogen) atoms. The van der Waals surface area contributed by atoms with Crippen LogP contribution in [0.2, 0.25) is 0 Å². The van der Waals surface area contributed by atoms with Crippen molar-refractivity contribution in [1.82, 2.24) is 19.8 Å². The molecule has 0 unspecified atom stereocenters. The molecular weight excluding hydrogens is 428 g/mol. The predicted molar refractivity (Wildman–Crippen MR) is 124 cm³/mol. The summed E-state index contributed by atoms with van der Waals surface area (Å²) >= 11 is 1.25. The standard InChI is InChI=1S/C23H28N4O4S/c1-2-9-27-22(30)18-8-7-16(21(29)24-14-17-6-5-12-31-17)13-19(18)25-23(27)32-15-20(28)26-10-3-4-11-26/h2,7-8,13,17H,1,3-6,9-12,14-15H2,(H,24,29)/t17-/m0/s1. The lowest BCUT2D eigenvalue weighted by Gasteiger charge is -2.16. The number of benzene rings is 1. The van der Waals surface area contributed by atoms with Crippen LogP contribution in [0.4, 0.5) is 0 Å². The molecule has 2 amide bonds. The first-order valence-corrected chi connectivity index (χ1v) is 12.0. The van der Waals surface area contributed by atoms with Crippen molar-refractivity contribution in [3.63, 3.8) is 0 Å². The minimum atomic E-state index is -0.224. The maximum absolute atomic E-state index is 13.1. The van der Waals surface area contributed by atoms with Crippen molar-refractivity contribution in [2.75, 3.05) is 32.0 Å². The molecule has 2 aromatic rings.